The van der Waals surface area contributed by atoms with Crippen LogP contribution in [-0.2, 0) is 0 Å². The standard InChI is InChI=1S/C18H18Cl2N4O/c1-18(2,3)17(24-15-7-5-4-6-14(15)22-23-24)21-16(25)11-8-12(19)10-13(20)9-11/h4-10,17H,1-3H3,(H,21,25). The van der Waals surface area contributed by atoms with Gasteiger partial charge in [-0.1, -0.05) is 61.3 Å². The first-order valence-corrected chi connectivity index (χ1v) is 8.58. The highest BCUT2D eigenvalue weighted by Crippen LogP contribution is 2.30. The maximum Gasteiger partial charge on any atom is 0.253 e. The fraction of sp³-hybridized carbons (Fsp3) is 0.278. The van der Waals surface area contributed by atoms with E-state index in [4.69, 9.17) is 23.2 Å². The van der Waals surface area contributed by atoms with Crippen molar-refractivity contribution in [2.75, 3.05) is 0 Å². The van der Waals surface area contributed by atoms with E-state index in [0.717, 1.165) is 11.0 Å². The first kappa shape index (κ1) is 17.7. The molecule has 5 nitrogen and oxygen atoms in total. The van der Waals surface area contributed by atoms with Crippen molar-refractivity contribution < 1.29 is 4.79 Å². The number of hydrogen-bond acceptors (Lipinski definition) is 3. The Morgan fingerprint density at radius 3 is 2.40 bits per heavy atom. The molecule has 25 heavy (non-hydrogen) atoms. The highest BCUT2D eigenvalue weighted by molar-refractivity contribution is 6.35. The van der Waals surface area contributed by atoms with Gasteiger partial charge < -0.3 is 5.32 Å². The van der Waals surface area contributed by atoms with Crippen molar-refractivity contribution in [1.82, 2.24) is 20.3 Å². The summed E-state index contributed by atoms with van der Waals surface area (Å²) in [5.41, 5.74) is 1.73. The van der Waals surface area contributed by atoms with E-state index in [2.05, 4.69) is 15.6 Å². The molecule has 0 radical (unpaired) electrons. The normalized spacial score (nSPS) is 13.0. The zero-order valence-corrected chi connectivity index (χ0v) is 15.6. The molecule has 3 aromatic rings. The number of hydrogen-bond donors (Lipinski definition) is 1. The van der Waals surface area contributed by atoms with Gasteiger partial charge in [-0.25, -0.2) is 4.68 Å². The van der Waals surface area contributed by atoms with Crippen LogP contribution in [0.3, 0.4) is 0 Å². The lowest BCUT2D eigenvalue weighted by Crippen LogP contribution is -2.41. The van der Waals surface area contributed by atoms with Gasteiger partial charge in [-0.15, -0.1) is 5.10 Å². The van der Waals surface area contributed by atoms with Crippen molar-refractivity contribution in [2.24, 2.45) is 5.41 Å². The van der Waals surface area contributed by atoms with Gasteiger partial charge >= 0.3 is 0 Å². The van der Waals surface area contributed by atoms with E-state index < -0.39 is 6.17 Å². The molecule has 1 atom stereocenters. The average Bonchev–Trinajstić information content (AvgIpc) is 2.94. The number of carbonyl (C=O) groups is 1. The largest absolute Gasteiger partial charge is 0.330 e. The number of amides is 1. The van der Waals surface area contributed by atoms with E-state index in [1.165, 1.54) is 0 Å². The highest BCUT2D eigenvalue weighted by Gasteiger charge is 2.30. The number of nitrogens with one attached hydrogen (secondary N) is 1. The van der Waals surface area contributed by atoms with E-state index in [1.807, 2.05) is 45.0 Å². The number of carbonyl (C=O) groups excluding carboxylic acids is 1. The molecule has 1 aromatic heterocycles. The van der Waals surface area contributed by atoms with Crippen LogP contribution < -0.4 is 5.32 Å². The van der Waals surface area contributed by atoms with Crippen molar-refractivity contribution in [3.05, 3.63) is 58.1 Å². The Kier molecular flexibility index (Phi) is 4.71. The first-order valence-electron chi connectivity index (χ1n) is 7.82. The summed E-state index contributed by atoms with van der Waals surface area (Å²) in [5.74, 6) is -0.274. The molecule has 0 aliphatic heterocycles. The number of halogens is 2. The highest BCUT2D eigenvalue weighted by atomic mass is 35.5. The van der Waals surface area contributed by atoms with Crippen LogP contribution in [0.2, 0.25) is 10.0 Å². The maximum atomic E-state index is 12.7. The molecular weight excluding hydrogens is 359 g/mol. The van der Waals surface area contributed by atoms with Gasteiger partial charge in [-0.05, 0) is 30.3 Å². The molecule has 3 rings (SSSR count). The number of rotatable bonds is 3. The Labute approximate surface area is 155 Å². The number of para-hydroxylation sites is 1. The van der Waals surface area contributed by atoms with Crippen LogP contribution in [0.25, 0.3) is 11.0 Å². The quantitative estimate of drug-likeness (QED) is 0.719. The summed E-state index contributed by atoms with van der Waals surface area (Å²) in [5, 5.41) is 12.3. The zero-order chi connectivity index (χ0) is 18.2. The number of fused-ring (bicyclic) bond motifs is 1. The van der Waals surface area contributed by atoms with E-state index in [-0.39, 0.29) is 11.3 Å². The molecular formula is C18H18Cl2N4O. The second-order valence-corrected chi connectivity index (χ2v) is 7.80. The fourth-order valence-corrected chi connectivity index (χ4v) is 3.14. The summed E-state index contributed by atoms with van der Waals surface area (Å²) in [7, 11) is 0. The summed E-state index contributed by atoms with van der Waals surface area (Å²) in [6, 6.07) is 12.4. The molecule has 0 fully saturated rings. The molecule has 0 bridgehead atoms. The first-order chi connectivity index (χ1) is 11.8. The lowest BCUT2D eigenvalue weighted by atomic mass is 9.92. The van der Waals surface area contributed by atoms with Gasteiger partial charge in [0.2, 0.25) is 0 Å². The third kappa shape index (κ3) is 3.78. The number of benzene rings is 2. The summed E-state index contributed by atoms with van der Waals surface area (Å²) >= 11 is 12.0. The Hall–Kier alpha value is -2.11. The predicted octanol–water partition coefficient (Wildman–Crippen LogP) is 4.71. The molecule has 0 aliphatic rings. The second-order valence-electron chi connectivity index (χ2n) is 6.92. The maximum absolute atomic E-state index is 12.7. The molecule has 1 unspecified atom stereocenters. The monoisotopic (exact) mass is 376 g/mol. The summed E-state index contributed by atoms with van der Waals surface area (Å²) < 4.78 is 1.74. The topological polar surface area (TPSA) is 59.8 Å². The molecule has 2 aromatic carbocycles. The van der Waals surface area contributed by atoms with Crippen LogP contribution in [0.5, 0.6) is 0 Å². The summed E-state index contributed by atoms with van der Waals surface area (Å²) in [6.07, 6.45) is -0.398. The molecule has 0 spiro atoms. The van der Waals surface area contributed by atoms with Gasteiger partial charge in [-0.2, -0.15) is 0 Å². The van der Waals surface area contributed by atoms with Gasteiger partial charge in [-0.3, -0.25) is 4.79 Å². The average molecular weight is 377 g/mol. The van der Waals surface area contributed by atoms with Gasteiger partial charge in [0, 0.05) is 21.0 Å². The second kappa shape index (κ2) is 6.65. The Balaban J connectivity index is 1.98. The van der Waals surface area contributed by atoms with E-state index >= 15 is 0 Å². The molecule has 0 saturated carbocycles. The lowest BCUT2D eigenvalue weighted by molar-refractivity contribution is 0.0843. The van der Waals surface area contributed by atoms with Crippen LogP contribution in [0, 0.1) is 5.41 Å². The zero-order valence-electron chi connectivity index (χ0n) is 14.1. The Bertz CT molecular complexity index is 910. The molecule has 7 heteroatoms. The van der Waals surface area contributed by atoms with Gasteiger partial charge in [0.05, 0.1) is 5.52 Å². The number of nitrogens with zero attached hydrogens (tertiary/aromatic N) is 3. The third-order valence-electron chi connectivity index (χ3n) is 3.83. The Morgan fingerprint density at radius 1 is 1.12 bits per heavy atom. The van der Waals surface area contributed by atoms with Crippen LogP contribution >= 0.6 is 23.2 Å². The third-order valence-corrected chi connectivity index (χ3v) is 4.27. The molecule has 1 amide bonds. The van der Waals surface area contributed by atoms with Crippen molar-refractivity contribution in [3.8, 4) is 0 Å². The van der Waals surface area contributed by atoms with Crippen LogP contribution in [0.4, 0.5) is 0 Å². The molecule has 0 saturated heterocycles. The lowest BCUT2D eigenvalue weighted by Gasteiger charge is -2.31. The van der Waals surface area contributed by atoms with Gasteiger partial charge in [0.15, 0.2) is 0 Å². The predicted molar refractivity (Wildman–Crippen MR) is 99.9 cm³/mol. The minimum absolute atomic E-state index is 0.274. The van der Waals surface area contributed by atoms with Gasteiger partial charge in [0.25, 0.3) is 5.91 Å². The minimum Gasteiger partial charge on any atom is -0.330 e. The van der Waals surface area contributed by atoms with Crippen LogP contribution in [-0.4, -0.2) is 20.9 Å². The SMILES string of the molecule is CC(C)(C)C(NC(=O)c1cc(Cl)cc(Cl)c1)n1nnc2ccccc21. The molecule has 130 valence electrons. The van der Waals surface area contributed by atoms with E-state index in [0.29, 0.717) is 15.6 Å². The van der Waals surface area contributed by atoms with Crippen molar-refractivity contribution in [3.63, 3.8) is 0 Å². The van der Waals surface area contributed by atoms with Crippen molar-refractivity contribution in [1.29, 1.82) is 0 Å². The van der Waals surface area contributed by atoms with E-state index in [1.54, 1.807) is 22.9 Å². The summed E-state index contributed by atoms with van der Waals surface area (Å²) in [4.78, 5) is 12.7. The van der Waals surface area contributed by atoms with Gasteiger partial charge in [0.1, 0.15) is 11.7 Å². The van der Waals surface area contributed by atoms with E-state index in [9.17, 15) is 4.79 Å². The molecule has 1 heterocycles. The van der Waals surface area contributed by atoms with Crippen LogP contribution in [0.15, 0.2) is 42.5 Å². The smallest absolute Gasteiger partial charge is 0.253 e. The minimum atomic E-state index is -0.398. The molecule has 0 aliphatic carbocycles. The van der Waals surface area contributed by atoms with Crippen LogP contribution in [0.1, 0.15) is 37.3 Å². The van der Waals surface area contributed by atoms with Crippen molar-refractivity contribution in [2.45, 2.75) is 26.9 Å². The Morgan fingerprint density at radius 2 is 1.76 bits per heavy atom. The fourth-order valence-electron chi connectivity index (χ4n) is 2.61. The molecule has 1 N–H and O–H groups in total. The summed E-state index contributed by atoms with van der Waals surface area (Å²) in [6.45, 7) is 6.08. The number of aromatic nitrogens is 3. The van der Waals surface area contributed by atoms with Crippen molar-refractivity contribution >= 4 is 40.1 Å².